The zero-order chi connectivity index (χ0) is 25.6. The molecule has 1 amide bonds. The van der Waals surface area contributed by atoms with Crippen LogP contribution in [-0.2, 0) is 12.7 Å². The minimum Gasteiger partial charge on any atom is -0.302 e. The summed E-state index contributed by atoms with van der Waals surface area (Å²) in [4.78, 5) is 17.6. The van der Waals surface area contributed by atoms with Gasteiger partial charge in [0, 0.05) is 12.3 Å². The number of hydrogen-bond acceptors (Lipinski definition) is 5. The summed E-state index contributed by atoms with van der Waals surface area (Å²) in [6.07, 6.45) is -3.24. The lowest BCUT2D eigenvalue weighted by molar-refractivity contribution is -0.142. The first kappa shape index (κ1) is 24.6. The van der Waals surface area contributed by atoms with Gasteiger partial charge < -0.3 is 5.32 Å². The predicted molar refractivity (Wildman–Crippen MR) is 132 cm³/mol. The zero-order valence-corrected chi connectivity index (χ0v) is 20.8. The second-order valence-corrected chi connectivity index (χ2v) is 9.70. The monoisotopic (exact) mass is 570 g/mol. The van der Waals surface area contributed by atoms with Crippen LogP contribution in [0.5, 0.6) is 0 Å². The molecule has 5 aromatic rings. The minimum absolute atomic E-state index is 0.0158. The van der Waals surface area contributed by atoms with E-state index in [1.165, 1.54) is 28.3 Å². The molecular weight excluding hydrogens is 560 g/mol. The van der Waals surface area contributed by atoms with E-state index in [0.717, 1.165) is 11.6 Å². The number of alkyl halides is 3. The molecule has 7 nitrogen and oxygen atoms in total. The van der Waals surface area contributed by atoms with Gasteiger partial charge in [0.05, 0.1) is 27.2 Å². The molecule has 0 bridgehead atoms. The fourth-order valence-corrected chi connectivity index (χ4v) is 4.60. The summed E-state index contributed by atoms with van der Waals surface area (Å²) in [5.41, 5.74) is -0.560. The topological polar surface area (TPSA) is 77.1 Å². The van der Waals surface area contributed by atoms with Crippen LogP contribution in [0.1, 0.15) is 21.7 Å². The molecule has 0 unspecified atom stereocenters. The number of carbonyl (C=O) groups excluding carboxylic acids is 1. The highest BCUT2D eigenvalue weighted by Gasteiger charge is 2.36. The van der Waals surface area contributed by atoms with Crippen LogP contribution in [0.3, 0.4) is 0 Å². The van der Waals surface area contributed by atoms with E-state index in [-0.39, 0.29) is 34.4 Å². The molecule has 0 radical (unpaired) electrons. The third-order valence-electron chi connectivity index (χ3n) is 5.00. The molecule has 184 valence electrons. The van der Waals surface area contributed by atoms with Gasteiger partial charge in [-0.1, -0.05) is 46.9 Å². The van der Waals surface area contributed by atoms with Gasteiger partial charge in [-0.3, -0.25) is 9.48 Å². The standard InChI is InChI=1S/C22H12Cl3F3N6OS/c23-12-4-3-11(6-13(12)24)9-33-10-14(25)20(32-33)30-21(35)16-8-19-29-15(17-2-1-5-36-17)7-18(22(26,27)28)34(19)31-16/h1-8,10H,9H2,(H,30,32,35). The van der Waals surface area contributed by atoms with Gasteiger partial charge in [-0.05, 0) is 35.2 Å². The molecule has 1 aromatic carbocycles. The van der Waals surface area contributed by atoms with Crippen LogP contribution in [0.4, 0.5) is 19.0 Å². The second kappa shape index (κ2) is 9.40. The van der Waals surface area contributed by atoms with Crippen molar-refractivity contribution < 1.29 is 18.0 Å². The van der Waals surface area contributed by atoms with Gasteiger partial charge in [0.2, 0.25) is 0 Å². The Bertz CT molecular complexity index is 1600. The first-order valence-corrected chi connectivity index (χ1v) is 12.1. The lowest BCUT2D eigenvalue weighted by Crippen LogP contribution is -2.16. The third-order valence-corrected chi connectivity index (χ3v) is 6.91. The van der Waals surface area contributed by atoms with E-state index in [0.29, 0.717) is 19.4 Å². The van der Waals surface area contributed by atoms with Crippen LogP contribution in [-0.4, -0.2) is 30.3 Å². The summed E-state index contributed by atoms with van der Waals surface area (Å²) in [7, 11) is 0. The van der Waals surface area contributed by atoms with Crippen molar-refractivity contribution in [3.8, 4) is 10.6 Å². The smallest absolute Gasteiger partial charge is 0.302 e. The predicted octanol–water partition coefficient (Wildman–Crippen LogP) is 6.93. The molecule has 5 rings (SSSR count). The number of aromatic nitrogens is 5. The number of nitrogens with one attached hydrogen (secondary N) is 1. The van der Waals surface area contributed by atoms with Crippen LogP contribution in [0.15, 0.2) is 54.0 Å². The maximum absolute atomic E-state index is 13.7. The van der Waals surface area contributed by atoms with Crippen molar-refractivity contribution in [2.45, 2.75) is 12.7 Å². The number of anilines is 1. The summed E-state index contributed by atoms with van der Waals surface area (Å²) in [5.74, 6) is -0.782. The Kier molecular flexibility index (Phi) is 6.41. The largest absolute Gasteiger partial charge is 0.433 e. The molecule has 4 heterocycles. The summed E-state index contributed by atoms with van der Waals surface area (Å²) in [5, 5.41) is 13.2. The summed E-state index contributed by atoms with van der Waals surface area (Å²) < 4.78 is 43.3. The lowest BCUT2D eigenvalue weighted by atomic mass is 10.2. The molecule has 0 spiro atoms. The SMILES string of the molecule is O=C(Nc1nn(Cc2ccc(Cl)c(Cl)c2)cc1Cl)c1cc2nc(-c3cccs3)cc(C(F)(F)F)n2n1. The lowest BCUT2D eigenvalue weighted by Gasteiger charge is -2.10. The first-order valence-electron chi connectivity index (χ1n) is 10.1. The van der Waals surface area contributed by atoms with Crippen LogP contribution < -0.4 is 5.32 Å². The Hall–Kier alpha value is -3.12. The number of carbonyl (C=O) groups is 1. The number of amides is 1. The number of fused-ring (bicyclic) bond motifs is 1. The second-order valence-electron chi connectivity index (χ2n) is 7.53. The Labute approximate surface area is 220 Å². The van der Waals surface area contributed by atoms with Crippen molar-refractivity contribution in [3.63, 3.8) is 0 Å². The van der Waals surface area contributed by atoms with Crippen molar-refractivity contribution in [1.29, 1.82) is 0 Å². The van der Waals surface area contributed by atoms with Gasteiger partial charge in [0.15, 0.2) is 22.9 Å². The maximum Gasteiger partial charge on any atom is 0.433 e. The normalized spacial score (nSPS) is 11.8. The van der Waals surface area contributed by atoms with Crippen molar-refractivity contribution in [2.75, 3.05) is 5.32 Å². The molecule has 4 aromatic heterocycles. The number of nitrogens with zero attached hydrogens (tertiary/aromatic N) is 5. The highest BCUT2D eigenvalue weighted by Crippen LogP contribution is 2.33. The van der Waals surface area contributed by atoms with Crippen molar-refractivity contribution >= 4 is 63.5 Å². The Morgan fingerprint density at radius 2 is 1.83 bits per heavy atom. The highest BCUT2D eigenvalue weighted by atomic mass is 35.5. The van der Waals surface area contributed by atoms with Crippen molar-refractivity contribution in [3.05, 3.63) is 86.1 Å². The fraction of sp³-hybridized carbons (Fsp3) is 0.0909. The van der Waals surface area contributed by atoms with Crippen LogP contribution in [0, 0.1) is 0 Å². The van der Waals surface area contributed by atoms with E-state index in [1.807, 2.05) is 0 Å². The van der Waals surface area contributed by atoms with Crippen LogP contribution in [0.25, 0.3) is 16.2 Å². The molecular formula is C22H12Cl3F3N6OS. The quantitative estimate of drug-likeness (QED) is 0.248. The van der Waals surface area contributed by atoms with E-state index < -0.39 is 17.8 Å². The fourth-order valence-electron chi connectivity index (χ4n) is 3.40. The van der Waals surface area contributed by atoms with Crippen molar-refractivity contribution in [2.24, 2.45) is 0 Å². The molecule has 0 saturated heterocycles. The number of hydrogen-bond donors (Lipinski definition) is 1. The van der Waals surface area contributed by atoms with E-state index in [2.05, 4.69) is 20.5 Å². The Morgan fingerprint density at radius 3 is 2.53 bits per heavy atom. The van der Waals surface area contributed by atoms with Gasteiger partial charge in [-0.2, -0.15) is 23.4 Å². The molecule has 0 fully saturated rings. The van der Waals surface area contributed by atoms with E-state index in [1.54, 1.807) is 35.7 Å². The van der Waals surface area contributed by atoms with E-state index in [4.69, 9.17) is 34.8 Å². The van der Waals surface area contributed by atoms with Gasteiger partial charge >= 0.3 is 6.18 Å². The zero-order valence-electron chi connectivity index (χ0n) is 17.7. The van der Waals surface area contributed by atoms with Gasteiger partial charge in [-0.25, -0.2) is 9.50 Å². The maximum atomic E-state index is 13.7. The summed E-state index contributed by atoms with van der Waals surface area (Å²) >= 11 is 19.4. The van der Waals surface area contributed by atoms with Crippen LogP contribution >= 0.6 is 46.1 Å². The number of benzene rings is 1. The molecule has 0 atom stereocenters. The molecule has 0 aliphatic rings. The number of thiophene rings is 1. The van der Waals surface area contributed by atoms with Gasteiger partial charge in [0.25, 0.3) is 5.91 Å². The first-order chi connectivity index (χ1) is 17.1. The Morgan fingerprint density at radius 1 is 1.03 bits per heavy atom. The Balaban J connectivity index is 1.43. The molecule has 36 heavy (non-hydrogen) atoms. The molecule has 0 aliphatic heterocycles. The molecule has 1 N–H and O–H groups in total. The molecule has 0 saturated carbocycles. The molecule has 14 heteroatoms. The van der Waals surface area contributed by atoms with E-state index in [9.17, 15) is 18.0 Å². The average Bonchev–Trinajstić information content (AvgIpc) is 3.55. The number of halogens is 6. The van der Waals surface area contributed by atoms with Crippen LogP contribution in [0.2, 0.25) is 15.1 Å². The minimum atomic E-state index is -4.72. The highest BCUT2D eigenvalue weighted by molar-refractivity contribution is 7.13. The van der Waals surface area contributed by atoms with Crippen molar-refractivity contribution in [1.82, 2.24) is 24.4 Å². The average molecular weight is 572 g/mol. The molecule has 0 aliphatic carbocycles. The van der Waals surface area contributed by atoms with Gasteiger partial charge in [0.1, 0.15) is 5.02 Å². The van der Waals surface area contributed by atoms with Gasteiger partial charge in [-0.15, -0.1) is 11.3 Å². The summed E-state index contributed by atoms with van der Waals surface area (Å²) in [6, 6.07) is 10.5. The number of rotatable bonds is 5. The third kappa shape index (κ3) is 4.92. The summed E-state index contributed by atoms with van der Waals surface area (Å²) in [6.45, 7) is 0.283. The van der Waals surface area contributed by atoms with E-state index >= 15 is 0 Å².